The van der Waals surface area contributed by atoms with Crippen LogP contribution in [0.5, 0.6) is 0 Å². The molecule has 0 saturated heterocycles. The molecule has 0 saturated carbocycles. The number of aromatic nitrogens is 7. The first-order valence-corrected chi connectivity index (χ1v) is 10.9. The van der Waals surface area contributed by atoms with Crippen molar-refractivity contribution in [2.24, 2.45) is 0 Å². The molecule has 5 heterocycles. The number of aromatic amines is 1. The molecule has 0 aromatic carbocycles. The monoisotopic (exact) mass is 458 g/mol. The number of nitrogen functional groups attached to an aromatic ring is 1. The van der Waals surface area contributed by atoms with Crippen molar-refractivity contribution in [3.63, 3.8) is 0 Å². The molecule has 0 spiro atoms. The number of aryl methyl sites for hydroxylation is 1. The van der Waals surface area contributed by atoms with Gasteiger partial charge in [0.05, 0.1) is 24.1 Å². The van der Waals surface area contributed by atoms with E-state index in [4.69, 9.17) is 5.73 Å². The molecule has 172 valence electrons. The number of hydrogen-bond acceptors (Lipinski definition) is 7. The number of alkyl halides is 1. The van der Waals surface area contributed by atoms with Gasteiger partial charge in [0.25, 0.3) is 0 Å². The summed E-state index contributed by atoms with van der Waals surface area (Å²) in [6.45, 7) is 1.59. The Bertz CT molecular complexity index is 1450. The first kappa shape index (κ1) is 21.7. The lowest BCUT2D eigenvalue weighted by atomic mass is 9.87. The molecule has 0 fully saturated rings. The molecule has 1 unspecified atom stereocenters. The zero-order valence-corrected chi connectivity index (χ0v) is 18.5. The number of nitrogens with one attached hydrogen (secondary N) is 1. The van der Waals surface area contributed by atoms with Crippen LogP contribution in [0.15, 0.2) is 61.4 Å². The second kappa shape index (κ2) is 8.64. The van der Waals surface area contributed by atoms with E-state index < -0.39 is 12.3 Å². The summed E-state index contributed by atoms with van der Waals surface area (Å²) < 4.78 is 14.2. The average molecular weight is 459 g/mol. The molecule has 0 aliphatic rings. The number of fused-ring (bicyclic) bond motifs is 1. The van der Waals surface area contributed by atoms with Crippen molar-refractivity contribution in [3.05, 3.63) is 72.7 Å². The third-order valence-electron chi connectivity index (χ3n) is 5.92. The van der Waals surface area contributed by atoms with E-state index in [0.717, 1.165) is 22.1 Å². The van der Waals surface area contributed by atoms with Gasteiger partial charge < -0.3 is 15.8 Å². The fourth-order valence-corrected chi connectivity index (χ4v) is 4.07. The number of H-pyrrole nitrogens is 1. The fraction of sp³-hybridized carbons (Fsp3) is 0.208. The quantitative estimate of drug-likeness (QED) is 0.340. The molecule has 5 aromatic heterocycles. The number of hydrogen-bond donors (Lipinski definition) is 3. The summed E-state index contributed by atoms with van der Waals surface area (Å²) in [7, 11) is 0. The van der Waals surface area contributed by atoms with E-state index in [9.17, 15) is 9.50 Å². The number of nitrogens with zero attached hydrogens (tertiary/aromatic N) is 6. The highest BCUT2D eigenvalue weighted by molar-refractivity contribution is 5.95. The van der Waals surface area contributed by atoms with Gasteiger partial charge in [-0.3, -0.25) is 9.67 Å². The number of rotatable bonds is 7. The van der Waals surface area contributed by atoms with Crippen LogP contribution >= 0.6 is 0 Å². The molecule has 0 aliphatic carbocycles. The lowest BCUT2D eigenvalue weighted by Crippen LogP contribution is -2.28. The first-order chi connectivity index (χ1) is 16.5. The average Bonchev–Trinajstić information content (AvgIpc) is 3.51. The highest BCUT2D eigenvalue weighted by atomic mass is 19.1. The predicted octanol–water partition coefficient (Wildman–Crippen LogP) is 3.48. The van der Waals surface area contributed by atoms with Crippen LogP contribution in [0.25, 0.3) is 33.4 Å². The molecule has 0 radical (unpaired) electrons. The van der Waals surface area contributed by atoms with E-state index in [2.05, 4.69) is 30.0 Å². The lowest BCUT2D eigenvalue weighted by molar-refractivity contribution is 0.0719. The van der Waals surface area contributed by atoms with Crippen LogP contribution < -0.4 is 5.73 Å². The fourth-order valence-electron chi connectivity index (χ4n) is 4.07. The number of anilines is 1. The number of halogens is 1. The summed E-state index contributed by atoms with van der Waals surface area (Å²) in [5.41, 5.74) is 9.46. The van der Waals surface area contributed by atoms with Gasteiger partial charge in [-0.2, -0.15) is 5.10 Å². The second-order valence-electron chi connectivity index (χ2n) is 7.95. The number of nitrogens with two attached hydrogens (primary N) is 1. The van der Waals surface area contributed by atoms with Crippen LogP contribution in [0.2, 0.25) is 0 Å². The van der Waals surface area contributed by atoms with Gasteiger partial charge >= 0.3 is 0 Å². The largest absolute Gasteiger partial charge is 0.379 e. The SMILES string of the molecule is CCC(O)(c1ccncc1)c1cc(-c2c[nH]c3ncc(-c4cnn(CCF)c4)cc23)nc(N)n1. The molecule has 4 N–H and O–H groups in total. The maximum Gasteiger partial charge on any atom is 0.220 e. The Morgan fingerprint density at radius 2 is 1.97 bits per heavy atom. The van der Waals surface area contributed by atoms with E-state index >= 15 is 0 Å². The topological polar surface area (TPSA) is 131 Å². The van der Waals surface area contributed by atoms with E-state index in [1.165, 1.54) is 0 Å². The van der Waals surface area contributed by atoms with Crippen LogP contribution in [0.1, 0.15) is 24.6 Å². The van der Waals surface area contributed by atoms with Gasteiger partial charge in [-0.25, -0.2) is 19.3 Å². The summed E-state index contributed by atoms with van der Waals surface area (Å²) in [5.74, 6) is 0.0550. The second-order valence-corrected chi connectivity index (χ2v) is 7.95. The van der Waals surface area contributed by atoms with E-state index in [1.807, 2.05) is 13.0 Å². The maximum absolute atomic E-state index is 12.7. The molecule has 0 bridgehead atoms. The van der Waals surface area contributed by atoms with Gasteiger partial charge in [0.2, 0.25) is 5.95 Å². The van der Waals surface area contributed by atoms with E-state index in [0.29, 0.717) is 29.0 Å². The van der Waals surface area contributed by atoms with Gasteiger partial charge in [-0.05, 0) is 36.2 Å². The summed E-state index contributed by atoms with van der Waals surface area (Å²) in [4.78, 5) is 20.5. The molecule has 0 amide bonds. The minimum atomic E-state index is -1.35. The van der Waals surface area contributed by atoms with Crippen LogP contribution in [0, 0.1) is 0 Å². The molecule has 34 heavy (non-hydrogen) atoms. The summed E-state index contributed by atoms with van der Waals surface area (Å²) in [5, 5.41) is 16.5. The summed E-state index contributed by atoms with van der Waals surface area (Å²) >= 11 is 0. The van der Waals surface area contributed by atoms with E-state index in [-0.39, 0.29) is 12.5 Å². The normalized spacial score (nSPS) is 13.3. The van der Waals surface area contributed by atoms with Crippen molar-refractivity contribution in [3.8, 4) is 22.4 Å². The van der Waals surface area contributed by atoms with Crippen molar-refractivity contribution in [1.82, 2.24) is 34.7 Å². The van der Waals surface area contributed by atoms with Gasteiger partial charge in [0.15, 0.2) is 0 Å². The standard InChI is InChI=1S/C24H23FN8O/c1-2-24(34,17-3-6-27-7-4-17)21-10-20(31-23(26)32-21)19-13-29-22-18(19)9-15(11-28-22)16-12-30-33(14-16)8-5-25/h3-4,6-7,9-14,34H,2,5,8H2,1H3,(H,28,29)(H2,26,31,32). The van der Waals surface area contributed by atoms with Gasteiger partial charge in [-0.15, -0.1) is 0 Å². The molecular weight excluding hydrogens is 435 g/mol. The van der Waals surface area contributed by atoms with Crippen molar-refractivity contribution in [1.29, 1.82) is 0 Å². The molecule has 10 heteroatoms. The Balaban J connectivity index is 1.60. The first-order valence-electron chi connectivity index (χ1n) is 10.9. The minimum absolute atomic E-state index is 0.0550. The smallest absolute Gasteiger partial charge is 0.220 e. The maximum atomic E-state index is 12.7. The highest BCUT2D eigenvalue weighted by Gasteiger charge is 2.32. The minimum Gasteiger partial charge on any atom is -0.379 e. The molecule has 0 aliphatic heterocycles. The van der Waals surface area contributed by atoms with Crippen LogP contribution in [-0.2, 0) is 12.1 Å². The molecule has 5 rings (SSSR count). The van der Waals surface area contributed by atoms with Crippen molar-refractivity contribution < 1.29 is 9.50 Å². The Labute approximate surface area is 194 Å². The zero-order valence-electron chi connectivity index (χ0n) is 18.5. The molecular formula is C24H23FN8O. The van der Waals surface area contributed by atoms with Crippen molar-refractivity contribution in [2.75, 3.05) is 12.4 Å². The Morgan fingerprint density at radius 3 is 2.74 bits per heavy atom. The van der Waals surface area contributed by atoms with Crippen LogP contribution in [0.3, 0.4) is 0 Å². The third kappa shape index (κ3) is 3.77. The summed E-state index contributed by atoms with van der Waals surface area (Å²) in [6.07, 6.45) is 10.6. The van der Waals surface area contributed by atoms with Gasteiger partial charge in [-0.1, -0.05) is 6.92 Å². The Morgan fingerprint density at radius 1 is 1.15 bits per heavy atom. The van der Waals surface area contributed by atoms with Crippen LogP contribution in [-0.4, -0.2) is 46.5 Å². The molecule has 9 nitrogen and oxygen atoms in total. The van der Waals surface area contributed by atoms with E-state index in [1.54, 1.807) is 60.1 Å². The summed E-state index contributed by atoms with van der Waals surface area (Å²) in [6, 6.07) is 7.23. The lowest BCUT2D eigenvalue weighted by Gasteiger charge is -2.27. The number of aliphatic hydroxyl groups is 1. The van der Waals surface area contributed by atoms with Gasteiger partial charge in [0, 0.05) is 53.1 Å². The molecule has 5 aromatic rings. The predicted molar refractivity (Wildman–Crippen MR) is 126 cm³/mol. The molecule has 1 atom stereocenters. The Kier molecular flexibility index (Phi) is 5.50. The van der Waals surface area contributed by atoms with Crippen LogP contribution in [0.4, 0.5) is 10.3 Å². The van der Waals surface area contributed by atoms with Crippen molar-refractivity contribution >= 4 is 17.0 Å². The highest BCUT2D eigenvalue weighted by Crippen LogP contribution is 2.35. The Hall–Kier alpha value is -4.18. The zero-order chi connectivity index (χ0) is 23.7. The van der Waals surface area contributed by atoms with Gasteiger partial charge in [0.1, 0.15) is 17.9 Å². The third-order valence-corrected chi connectivity index (χ3v) is 5.92. The number of pyridine rings is 2. The van der Waals surface area contributed by atoms with Crippen molar-refractivity contribution in [2.45, 2.75) is 25.5 Å².